The van der Waals surface area contributed by atoms with Gasteiger partial charge < -0.3 is 13.7 Å². The quantitative estimate of drug-likeness (QED) is 0.323. The van der Waals surface area contributed by atoms with Crippen molar-refractivity contribution < 1.29 is 13.7 Å². The SMILES string of the molecule is CCC(N[S+]([O-])C(C)(C)C)(OC)C(C)O[Si](c1ccccc1)(c1ccccc1)C(C)(C)C. The van der Waals surface area contributed by atoms with Gasteiger partial charge in [-0.05, 0) is 49.5 Å². The van der Waals surface area contributed by atoms with Gasteiger partial charge in [0.1, 0.15) is 4.75 Å². The number of nitrogens with one attached hydrogen (secondary N) is 1. The monoisotopic (exact) mass is 475 g/mol. The molecule has 0 aliphatic carbocycles. The van der Waals surface area contributed by atoms with Crippen molar-refractivity contribution in [2.45, 2.75) is 83.4 Å². The number of methoxy groups -OCH3 is 1. The highest BCUT2D eigenvalue weighted by atomic mass is 32.2. The summed E-state index contributed by atoms with van der Waals surface area (Å²) in [7, 11) is -1.10. The van der Waals surface area contributed by atoms with Crippen LogP contribution in [0.2, 0.25) is 5.04 Å². The summed E-state index contributed by atoms with van der Waals surface area (Å²) in [4.78, 5) is 0. The van der Waals surface area contributed by atoms with Gasteiger partial charge in [-0.1, -0.05) is 88.4 Å². The van der Waals surface area contributed by atoms with E-state index >= 15 is 0 Å². The molecule has 178 valence electrons. The van der Waals surface area contributed by atoms with Crippen LogP contribution in [-0.2, 0) is 20.5 Å². The van der Waals surface area contributed by atoms with E-state index in [1.165, 1.54) is 10.4 Å². The Kier molecular flexibility index (Phi) is 8.81. The molecule has 2 aromatic rings. The molecule has 0 saturated carbocycles. The third kappa shape index (κ3) is 5.49. The molecule has 0 bridgehead atoms. The number of hydrogen-bond donors (Lipinski definition) is 1. The van der Waals surface area contributed by atoms with Crippen LogP contribution in [0.5, 0.6) is 0 Å². The number of rotatable bonds is 9. The van der Waals surface area contributed by atoms with Crippen molar-refractivity contribution in [3.8, 4) is 0 Å². The van der Waals surface area contributed by atoms with Gasteiger partial charge in [-0.25, -0.2) is 0 Å². The van der Waals surface area contributed by atoms with Crippen molar-refractivity contribution in [1.82, 2.24) is 4.72 Å². The highest BCUT2D eigenvalue weighted by Gasteiger charge is 2.54. The second kappa shape index (κ2) is 10.4. The summed E-state index contributed by atoms with van der Waals surface area (Å²) in [6.07, 6.45) is 0.264. The lowest BCUT2D eigenvalue weighted by Crippen LogP contribution is -2.71. The lowest BCUT2D eigenvalue weighted by atomic mass is 10.1. The van der Waals surface area contributed by atoms with Gasteiger partial charge in [0.25, 0.3) is 8.32 Å². The Morgan fingerprint density at radius 1 is 0.906 bits per heavy atom. The van der Waals surface area contributed by atoms with E-state index in [0.29, 0.717) is 6.42 Å². The van der Waals surface area contributed by atoms with Gasteiger partial charge in [0.15, 0.2) is 5.72 Å². The summed E-state index contributed by atoms with van der Waals surface area (Å²) in [5.41, 5.74) is -0.884. The first kappa shape index (κ1) is 27.1. The lowest BCUT2D eigenvalue weighted by molar-refractivity contribution is -0.0988. The molecule has 6 heteroatoms. The second-order valence-corrected chi connectivity index (χ2v) is 16.6. The maximum atomic E-state index is 13.1. The molecule has 0 radical (unpaired) electrons. The fourth-order valence-corrected chi connectivity index (χ4v) is 9.91. The molecule has 0 aliphatic rings. The van der Waals surface area contributed by atoms with Crippen LogP contribution in [0.25, 0.3) is 0 Å². The fourth-order valence-electron chi connectivity index (χ4n) is 4.16. The van der Waals surface area contributed by atoms with Crippen molar-refractivity contribution in [2.24, 2.45) is 0 Å². The van der Waals surface area contributed by atoms with Crippen LogP contribution in [0.4, 0.5) is 0 Å². The minimum atomic E-state index is -2.77. The Labute approximate surface area is 199 Å². The smallest absolute Gasteiger partial charge is 0.261 e. The van der Waals surface area contributed by atoms with Crippen LogP contribution in [0.1, 0.15) is 61.8 Å². The van der Waals surface area contributed by atoms with Crippen molar-refractivity contribution >= 4 is 30.1 Å². The van der Waals surface area contributed by atoms with Crippen LogP contribution in [0.3, 0.4) is 0 Å². The van der Waals surface area contributed by atoms with Gasteiger partial charge in [-0.15, -0.1) is 4.72 Å². The summed E-state index contributed by atoms with van der Waals surface area (Å²) in [5.74, 6) is 0. The molecule has 0 amide bonds. The summed E-state index contributed by atoms with van der Waals surface area (Å²) >= 11 is -1.31. The first-order valence-electron chi connectivity index (χ1n) is 11.4. The van der Waals surface area contributed by atoms with E-state index in [1.54, 1.807) is 7.11 Å². The third-order valence-electron chi connectivity index (χ3n) is 6.14. The van der Waals surface area contributed by atoms with Gasteiger partial charge in [-0.2, -0.15) is 0 Å². The Hall–Kier alpha value is -1.15. The van der Waals surface area contributed by atoms with E-state index in [-0.39, 0.29) is 11.1 Å². The van der Waals surface area contributed by atoms with E-state index in [1.807, 2.05) is 46.8 Å². The van der Waals surface area contributed by atoms with Crippen molar-refractivity contribution in [3.05, 3.63) is 60.7 Å². The Bertz CT molecular complexity index is 790. The number of benzene rings is 2. The molecule has 2 rings (SSSR count). The normalized spacial score (nSPS) is 16.9. The zero-order valence-corrected chi connectivity index (χ0v) is 23.0. The van der Waals surface area contributed by atoms with Crippen LogP contribution in [0, 0.1) is 0 Å². The van der Waals surface area contributed by atoms with Gasteiger partial charge in [-0.3, -0.25) is 0 Å². The Balaban J connectivity index is 2.65. The predicted molar refractivity (Wildman–Crippen MR) is 139 cm³/mol. The lowest BCUT2D eigenvalue weighted by Gasteiger charge is -2.48. The molecule has 32 heavy (non-hydrogen) atoms. The van der Waals surface area contributed by atoms with Gasteiger partial charge in [0.05, 0.1) is 6.10 Å². The summed E-state index contributed by atoms with van der Waals surface area (Å²) in [5, 5.41) is 2.27. The van der Waals surface area contributed by atoms with Crippen molar-refractivity contribution in [2.75, 3.05) is 7.11 Å². The van der Waals surface area contributed by atoms with Crippen LogP contribution >= 0.6 is 0 Å². The molecule has 4 nitrogen and oxygen atoms in total. The molecule has 0 fully saturated rings. The van der Waals surface area contributed by atoms with Crippen LogP contribution in [-0.4, -0.2) is 36.6 Å². The minimum Gasteiger partial charge on any atom is -0.598 e. The predicted octanol–water partition coefficient (Wildman–Crippen LogP) is 4.76. The first-order chi connectivity index (χ1) is 14.8. The molecule has 0 aliphatic heterocycles. The molecule has 0 heterocycles. The number of ether oxygens (including phenoxy) is 1. The number of hydrogen-bond acceptors (Lipinski definition) is 4. The van der Waals surface area contributed by atoms with E-state index < -0.39 is 30.2 Å². The first-order valence-corrected chi connectivity index (χ1v) is 14.4. The molecule has 1 N–H and O–H groups in total. The Morgan fingerprint density at radius 2 is 1.34 bits per heavy atom. The third-order valence-corrected chi connectivity index (χ3v) is 12.9. The summed E-state index contributed by atoms with van der Waals surface area (Å²) in [6.45, 7) is 16.7. The molecule has 0 aromatic heterocycles. The maximum Gasteiger partial charge on any atom is 0.261 e. The van der Waals surface area contributed by atoms with E-state index in [4.69, 9.17) is 9.16 Å². The van der Waals surface area contributed by atoms with Gasteiger partial charge in [0.2, 0.25) is 0 Å². The molecule has 3 unspecified atom stereocenters. The summed E-state index contributed by atoms with van der Waals surface area (Å²) in [6, 6.07) is 21.1. The molecule has 2 aromatic carbocycles. The average molecular weight is 476 g/mol. The highest BCUT2D eigenvalue weighted by molar-refractivity contribution is 7.90. The fraction of sp³-hybridized carbons (Fsp3) is 0.538. The van der Waals surface area contributed by atoms with Gasteiger partial charge >= 0.3 is 0 Å². The zero-order valence-electron chi connectivity index (χ0n) is 21.2. The van der Waals surface area contributed by atoms with E-state index in [9.17, 15) is 4.55 Å². The highest BCUT2D eigenvalue weighted by Crippen LogP contribution is 2.39. The topological polar surface area (TPSA) is 53.5 Å². The van der Waals surface area contributed by atoms with Crippen LogP contribution in [0.15, 0.2) is 60.7 Å². The van der Waals surface area contributed by atoms with Crippen molar-refractivity contribution in [3.63, 3.8) is 0 Å². The summed E-state index contributed by atoms with van der Waals surface area (Å²) < 4.78 is 29.2. The van der Waals surface area contributed by atoms with E-state index in [0.717, 1.165) is 0 Å². The molecular weight excluding hydrogens is 434 g/mol. The molecule has 0 spiro atoms. The standard InChI is InChI=1S/C26H41NO3SSi/c1-10-26(29-9,27-31(28)24(3,4)5)21(2)30-32(25(6,7)8,22-17-13-11-14-18-22)23-19-15-12-16-20-23/h11-21,27H,10H2,1-9H3. The molecule has 3 atom stereocenters. The molecule has 0 saturated heterocycles. The van der Waals surface area contributed by atoms with Crippen LogP contribution < -0.4 is 15.1 Å². The van der Waals surface area contributed by atoms with Crippen molar-refractivity contribution in [1.29, 1.82) is 0 Å². The largest absolute Gasteiger partial charge is 0.598 e. The Morgan fingerprint density at radius 3 is 1.66 bits per heavy atom. The van der Waals surface area contributed by atoms with E-state index in [2.05, 4.69) is 74.0 Å². The molecular formula is C26H41NO3SSi. The average Bonchev–Trinajstić information content (AvgIpc) is 2.75. The second-order valence-electron chi connectivity index (χ2n) is 10.4. The van der Waals surface area contributed by atoms with Gasteiger partial charge in [0, 0.05) is 18.5 Å². The maximum absolute atomic E-state index is 13.1. The zero-order chi connectivity index (χ0) is 24.2. The minimum absolute atomic E-state index is 0.152.